The highest BCUT2D eigenvalue weighted by molar-refractivity contribution is 6.32. The van der Waals surface area contributed by atoms with Crippen molar-refractivity contribution in [3.8, 4) is 5.75 Å². The summed E-state index contributed by atoms with van der Waals surface area (Å²) in [4.78, 5) is 10.6. The van der Waals surface area contributed by atoms with E-state index in [1.807, 2.05) is 5.32 Å². The van der Waals surface area contributed by atoms with Crippen LogP contribution in [0, 0.1) is 0 Å². The average Bonchev–Trinajstić information content (AvgIpc) is 2.18. The van der Waals surface area contributed by atoms with Gasteiger partial charge in [-0.1, -0.05) is 11.6 Å². The molecule has 0 aliphatic heterocycles. The molecule has 0 unspecified atom stereocenters. The van der Waals surface area contributed by atoms with Gasteiger partial charge in [-0.2, -0.15) is 8.78 Å². The van der Waals surface area contributed by atoms with Crippen LogP contribution in [0.3, 0.4) is 0 Å². The lowest BCUT2D eigenvalue weighted by molar-refractivity contribution is -0.126. The highest BCUT2D eigenvalue weighted by Gasteiger charge is 2.15. The molecular weight excluding hydrogens is 228 g/mol. The number of rotatable bonds is 3. The minimum absolute atomic E-state index is 0.200. The highest BCUT2D eigenvalue weighted by atomic mass is 35.5. The second-order valence-corrected chi connectivity index (χ2v) is 3.05. The molecule has 15 heavy (non-hydrogen) atoms. The lowest BCUT2D eigenvalue weighted by Gasteiger charge is -2.07. The van der Waals surface area contributed by atoms with Crippen LogP contribution in [0.2, 0.25) is 5.02 Å². The van der Waals surface area contributed by atoms with Crippen LogP contribution in [0.15, 0.2) is 18.2 Å². The van der Waals surface area contributed by atoms with E-state index in [-0.39, 0.29) is 10.7 Å². The van der Waals surface area contributed by atoms with Gasteiger partial charge >= 0.3 is 6.43 Å². The molecule has 0 fully saturated rings. The summed E-state index contributed by atoms with van der Waals surface area (Å²) in [5.74, 6) is -0.956. The number of hydrogen-bond acceptors (Lipinski definition) is 2. The Kier molecular flexibility index (Phi) is 3.85. The maximum absolute atomic E-state index is 11.9. The quantitative estimate of drug-likeness (QED) is 0.874. The summed E-state index contributed by atoms with van der Waals surface area (Å²) in [5, 5.41) is 2.24. The summed E-state index contributed by atoms with van der Waals surface area (Å²) < 4.78 is 28.6. The van der Waals surface area contributed by atoms with E-state index in [9.17, 15) is 13.6 Å². The minimum Gasteiger partial charge on any atom is -0.495 e. The van der Waals surface area contributed by atoms with E-state index < -0.39 is 12.3 Å². The largest absolute Gasteiger partial charge is 0.495 e. The van der Waals surface area contributed by atoms with Crippen molar-refractivity contribution in [2.24, 2.45) is 0 Å². The normalized spacial score (nSPS) is 10.2. The zero-order chi connectivity index (χ0) is 11.4. The molecule has 6 heteroatoms. The molecule has 0 heterocycles. The first-order valence-corrected chi connectivity index (χ1v) is 4.35. The second kappa shape index (κ2) is 4.93. The summed E-state index contributed by atoms with van der Waals surface area (Å²) >= 11 is 5.73. The van der Waals surface area contributed by atoms with Crippen molar-refractivity contribution in [2.45, 2.75) is 6.43 Å². The fourth-order valence-corrected chi connectivity index (χ4v) is 1.20. The Balaban J connectivity index is 2.80. The van der Waals surface area contributed by atoms with Gasteiger partial charge < -0.3 is 10.1 Å². The molecule has 0 radical (unpaired) electrons. The molecule has 1 amide bonds. The Morgan fingerprint density at radius 3 is 2.67 bits per heavy atom. The Morgan fingerprint density at radius 2 is 2.20 bits per heavy atom. The number of carbonyl (C=O) groups excluding carboxylic acids is 1. The van der Waals surface area contributed by atoms with Crippen molar-refractivity contribution < 1.29 is 18.3 Å². The van der Waals surface area contributed by atoms with Gasteiger partial charge in [0.05, 0.1) is 12.1 Å². The standard InChI is InChI=1S/C9H8ClF2NO2/c1-15-7-3-2-5(4-6(7)10)13-9(14)8(11)12/h2-4,8H,1H3,(H,13,14). The summed E-state index contributed by atoms with van der Waals surface area (Å²) in [6, 6.07) is 4.23. The van der Waals surface area contributed by atoms with Gasteiger partial charge in [0.15, 0.2) is 0 Å². The summed E-state index contributed by atoms with van der Waals surface area (Å²) in [6.45, 7) is 0. The fourth-order valence-electron chi connectivity index (χ4n) is 0.941. The fraction of sp³-hybridized carbons (Fsp3) is 0.222. The number of hydrogen-bond donors (Lipinski definition) is 1. The zero-order valence-corrected chi connectivity index (χ0v) is 8.52. The van der Waals surface area contributed by atoms with Crippen LogP contribution in [0.1, 0.15) is 0 Å². The Hall–Kier alpha value is -1.36. The number of halogens is 3. The molecule has 0 aromatic heterocycles. The Morgan fingerprint density at radius 1 is 1.53 bits per heavy atom. The van der Waals surface area contributed by atoms with Crippen molar-refractivity contribution in [1.82, 2.24) is 0 Å². The topological polar surface area (TPSA) is 38.3 Å². The number of methoxy groups -OCH3 is 1. The predicted octanol–water partition coefficient (Wildman–Crippen LogP) is 2.55. The van der Waals surface area contributed by atoms with Crippen LogP contribution in [0.25, 0.3) is 0 Å². The number of alkyl halides is 2. The molecule has 0 aliphatic rings. The molecule has 0 bridgehead atoms. The van der Waals surface area contributed by atoms with Gasteiger partial charge in [0, 0.05) is 5.69 Å². The van der Waals surface area contributed by atoms with Gasteiger partial charge in [-0.3, -0.25) is 4.79 Å². The third-order valence-electron chi connectivity index (χ3n) is 1.62. The van der Waals surface area contributed by atoms with Crippen molar-refractivity contribution in [3.05, 3.63) is 23.2 Å². The summed E-state index contributed by atoms with van der Waals surface area (Å²) in [7, 11) is 1.43. The van der Waals surface area contributed by atoms with Gasteiger partial charge in [-0.25, -0.2) is 0 Å². The predicted molar refractivity (Wildman–Crippen MR) is 52.6 cm³/mol. The number of nitrogens with one attached hydrogen (secondary N) is 1. The van der Waals surface area contributed by atoms with Gasteiger partial charge in [-0.05, 0) is 18.2 Å². The van der Waals surface area contributed by atoms with E-state index in [0.717, 1.165) is 0 Å². The molecule has 0 atom stereocenters. The highest BCUT2D eigenvalue weighted by Crippen LogP contribution is 2.27. The molecule has 82 valence electrons. The van der Waals surface area contributed by atoms with Crippen LogP contribution in [-0.4, -0.2) is 19.4 Å². The van der Waals surface area contributed by atoms with Gasteiger partial charge in [-0.15, -0.1) is 0 Å². The molecule has 1 aromatic rings. The Labute approximate surface area is 90.0 Å². The van der Waals surface area contributed by atoms with Crippen molar-refractivity contribution in [2.75, 3.05) is 12.4 Å². The molecule has 0 saturated carbocycles. The number of amides is 1. The van der Waals surface area contributed by atoms with Crippen molar-refractivity contribution in [1.29, 1.82) is 0 Å². The van der Waals surface area contributed by atoms with E-state index in [4.69, 9.17) is 16.3 Å². The summed E-state index contributed by atoms with van der Waals surface area (Å²) in [5.41, 5.74) is 0.200. The maximum atomic E-state index is 11.9. The smallest absolute Gasteiger partial charge is 0.315 e. The molecule has 3 nitrogen and oxygen atoms in total. The first-order chi connectivity index (χ1) is 7.04. The van der Waals surface area contributed by atoms with Gasteiger partial charge in [0.25, 0.3) is 5.91 Å². The zero-order valence-electron chi connectivity index (χ0n) is 7.76. The molecule has 0 saturated heterocycles. The molecule has 1 N–H and O–H groups in total. The SMILES string of the molecule is COc1ccc(NC(=O)C(F)F)cc1Cl. The number of anilines is 1. The number of benzene rings is 1. The second-order valence-electron chi connectivity index (χ2n) is 2.64. The van der Waals surface area contributed by atoms with Gasteiger partial charge in [0.1, 0.15) is 5.75 Å². The monoisotopic (exact) mass is 235 g/mol. The van der Waals surface area contributed by atoms with Crippen LogP contribution >= 0.6 is 11.6 Å². The maximum Gasteiger partial charge on any atom is 0.315 e. The molecule has 0 spiro atoms. The average molecular weight is 236 g/mol. The third-order valence-corrected chi connectivity index (χ3v) is 1.91. The van der Waals surface area contributed by atoms with E-state index in [0.29, 0.717) is 5.75 Å². The van der Waals surface area contributed by atoms with Crippen molar-refractivity contribution in [3.63, 3.8) is 0 Å². The first-order valence-electron chi connectivity index (χ1n) is 3.97. The van der Waals surface area contributed by atoms with Crippen molar-refractivity contribution >= 4 is 23.2 Å². The molecule has 1 aromatic carbocycles. The van der Waals surface area contributed by atoms with E-state index in [2.05, 4.69) is 0 Å². The van der Waals surface area contributed by atoms with Crippen LogP contribution in [0.5, 0.6) is 5.75 Å². The molecule has 0 aliphatic carbocycles. The van der Waals surface area contributed by atoms with Crippen LogP contribution in [-0.2, 0) is 4.79 Å². The first kappa shape index (κ1) is 11.7. The lowest BCUT2D eigenvalue weighted by atomic mass is 10.3. The lowest BCUT2D eigenvalue weighted by Crippen LogP contribution is -2.19. The molecule has 1 rings (SSSR count). The minimum atomic E-state index is -3.05. The van der Waals surface area contributed by atoms with Gasteiger partial charge in [0.2, 0.25) is 0 Å². The van der Waals surface area contributed by atoms with E-state index in [1.165, 1.54) is 25.3 Å². The van der Waals surface area contributed by atoms with E-state index in [1.54, 1.807) is 0 Å². The summed E-state index contributed by atoms with van der Waals surface area (Å²) in [6.07, 6.45) is -3.05. The molecular formula is C9H8ClF2NO2. The van der Waals surface area contributed by atoms with Crippen LogP contribution < -0.4 is 10.1 Å². The Bertz CT molecular complexity index is 371. The van der Waals surface area contributed by atoms with E-state index >= 15 is 0 Å². The third kappa shape index (κ3) is 3.06. The van der Waals surface area contributed by atoms with Crippen LogP contribution in [0.4, 0.5) is 14.5 Å². The number of carbonyl (C=O) groups is 1. The number of ether oxygens (including phenoxy) is 1.